The van der Waals surface area contributed by atoms with Gasteiger partial charge in [-0.3, -0.25) is 4.79 Å². The Labute approximate surface area is 222 Å². The number of carbonyl (C=O) groups excluding carboxylic acids is 2. The van der Waals surface area contributed by atoms with Gasteiger partial charge in [0.25, 0.3) is 0 Å². The number of carbonyl (C=O) groups is 2. The highest BCUT2D eigenvalue weighted by Crippen LogP contribution is 2.66. The first kappa shape index (κ1) is 29.0. The highest BCUT2D eigenvalue weighted by atomic mass is 16.5. The molecule has 4 N–H and O–H groups in total. The maximum atomic E-state index is 13.1. The van der Waals surface area contributed by atoms with Gasteiger partial charge in [-0.15, -0.1) is 0 Å². The van der Waals surface area contributed by atoms with Crippen molar-refractivity contribution in [1.82, 2.24) is 0 Å². The van der Waals surface area contributed by atoms with Gasteiger partial charge in [-0.2, -0.15) is 0 Å². The molecular formula is C30H50O7. The maximum absolute atomic E-state index is 13.1. The van der Waals surface area contributed by atoms with E-state index in [9.17, 15) is 30.0 Å². The summed E-state index contributed by atoms with van der Waals surface area (Å²) in [4.78, 5) is 25.5. The number of ether oxygens (including phenoxy) is 1. The molecule has 0 aromatic carbocycles. The molecule has 0 aromatic rings. The molecule has 1 saturated heterocycles. The van der Waals surface area contributed by atoms with Crippen LogP contribution in [0.1, 0.15) is 86.5 Å². The van der Waals surface area contributed by atoms with Gasteiger partial charge in [-0.1, -0.05) is 34.6 Å². The van der Waals surface area contributed by atoms with Crippen molar-refractivity contribution in [3.8, 4) is 0 Å². The minimum atomic E-state index is -0.969. The number of Topliss-reactive ketones (excluding diaryl/α,β-unsaturated/α-hetero) is 1. The molecule has 0 unspecified atom stereocenters. The number of cyclic esters (lactones) is 1. The molecule has 4 aliphatic rings. The normalized spacial score (nSPS) is 45.1. The van der Waals surface area contributed by atoms with Crippen LogP contribution in [0.4, 0.5) is 0 Å². The van der Waals surface area contributed by atoms with E-state index in [-0.39, 0.29) is 71.4 Å². The molecule has 7 heteroatoms. The first-order chi connectivity index (χ1) is 17.2. The number of rotatable bonds is 7. The van der Waals surface area contributed by atoms with E-state index in [4.69, 9.17) is 4.74 Å². The van der Waals surface area contributed by atoms with E-state index in [1.807, 2.05) is 20.8 Å². The smallest absolute Gasteiger partial charge is 0.309 e. The Hall–Kier alpha value is -1.02. The predicted octanol–water partition coefficient (Wildman–Crippen LogP) is 3.35. The fraction of sp³-hybridized carbons (Fsp3) is 0.933. The highest BCUT2D eigenvalue weighted by Gasteiger charge is 2.63. The molecular weight excluding hydrogens is 472 g/mol. The Morgan fingerprint density at radius 1 is 1.00 bits per heavy atom. The second-order valence-electron chi connectivity index (χ2n) is 14.0. The number of esters is 1. The van der Waals surface area contributed by atoms with Gasteiger partial charge in [0, 0.05) is 6.42 Å². The Morgan fingerprint density at radius 2 is 1.65 bits per heavy atom. The molecule has 212 valence electrons. The van der Waals surface area contributed by atoms with Crippen molar-refractivity contribution in [2.45, 2.75) is 111 Å². The summed E-state index contributed by atoms with van der Waals surface area (Å²) in [5, 5.41) is 43.5. The van der Waals surface area contributed by atoms with Gasteiger partial charge >= 0.3 is 5.97 Å². The fourth-order valence-electron chi connectivity index (χ4n) is 9.33. The second-order valence-corrected chi connectivity index (χ2v) is 14.0. The van der Waals surface area contributed by atoms with Crippen LogP contribution in [0.5, 0.6) is 0 Å². The zero-order chi connectivity index (χ0) is 27.4. The summed E-state index contributed by atoms with van der Waals surface area (Å²) in [5.74, 6) is -0.133. The van der Waals surface area contributed by atoms with E-state index in [1.165, 1.54) is 0 Å². The molecule has 7 nitrogen and oxygen atoms in total. The number of hydrogen-bond donors (Lipinski definition) is 4. The van der Waals surface area contributed by atoms with Gasteiger partial charge in [0.2, 0.25) is 0 Å². The summed E-state index contributed by atoms with van der Waals surface area (Å²) >= 11 is 0. The number of aliphatic hydroxyl groups excluding tert-OH is 4. The minimum Gasteiger partial charge on any atom is -0.465 e. The summed E-state index contributed by atoms with van der Waals surface area (Å²) in [5.41, 5.74) is -0.573. The van der Waals surface area contributed by atoms with E-state index in [2.05, 4.69) is 13.8 Å². The van der Waals surface area contributed by atoms with Crippen molar-refractivity contribution in [1.29, 1.82) is 0 Å². The van der Waals surface area contributed by atoms with Crippen molar-refractivity contribution < 1.29 is 34.8 Å². The number of ketones is 1. The molecule has 3 aliphatic carbocycles. The molecule has 4 rings (SSSR count). The highest BCUT2D eigenvalue weighted by molar-refractivity contribution is 5.76. The number of hydrogen-bond acceptors (Lipinski definition) is 7. The molecule has 1 aliphatic heterocycles. The standard InChI is InChI=1S/C30H50O7/c1-15(2)17(4)26(34)27(35)18(11-16(3)31)20-7-8-21-19-14-37-28(36)23-12-24(32)25(33)13-30(23,6)22(19)9-10-29(20,21)5/h15,17-27,32-35H,7-14H2,1-6H3/t17-,18-,19-,20+,21-,22-,23+,24-,25+,26+,27+,29+,30+/m0/s1. The second kappa shape index (κ2) is 10.5. The van der Waals surface area contributed by atoms with E-state index in [1.54, 1.807) is 6.92 Å². The van der Waals surface area contributed by atoms with E-state index in [0.29, 0.717) is 13.0 Å². The van der Waals surface area contributed by atoms with Crippen LogP contribution in [-0.2, 0) is 14.3 Å². The Bertz CT molecular complexity index is 859. The Kier molecular flexibility index (Phi) is 8.23. The van der Waals surface area contributed by atoms with E-state index in [0.717, 1.165) is 25.7 Å². The maximum Gasteiger partial charge on any atom is 0.309 e. The van der Waals surface area contributed by atoms with Crippen LogP contribution in [0.25, 0.3) is 0 Å². The van der Waals surface area contributed by atoms with Gasteiger partial charge < -0.3 is 30.0 Å². The summed E-state index contributed by atoms with van der Waals surface area (Å²) in [6.07, 6.45) is 0.890. The van der Waals surface area contributed by atoms with Crippen molar-refractivity contribution in [2.24, 2.45) is 58.2 Å². The minimum absolute atomic E-state index is 0.0303. The number of aliphatic hydroxyl groups is 4. The van der Waals surface area contributed by atoms with Crippen LogP contribution < -0.4 is 0 Å². The van der Waals surface area contributed by atoms with Gasteiger partial charge in [0.05, 0.1) is 36.9 Å². The molecule has 4 fully saturated rings. The average Bonchev–Trinajstić information content (AvgIpc) is 3.13. The SMILES string of the molecule is CC(=O)C[C@H]([C@@H](O)[C@H](O)[C@@H](C)C(C)C)[C@H]1CC[C@H]2[C@@H]3COC(=O)[C@H]4C[C@H](O)[C@H](O)C[C@]4(C)[C@H]3CC[C@]12C. The van der Waals surface area contributed by atoms with Crippen LogP contribution in [0, 0.1) is 58.2 Å². The first-order valence-electron chi connectivity index (χ1n) is 14.6. The largest absolute Gasteiger partial charge is 0.465 e. The monoisotopic (exact) mass is 522 g/mol. The Balaban J connectivity index is 1.64. The van der Waals surface area contributed by atoms with Gasteiger partial charge in [-0.25, -0.2) is 0 Å². The number of fused-ring (bicyclic) bond motifs is 5. The van der Waals surface area contributed by atoms with Crippen molar-refractivity contribution >= 4 is 11.8 Å². The quantitative estimate of drug-likeness (QED) is 0.378. The fourth-order valence-corrected chi connectivity index (χ4v) is 9.33. The average molecular weight is 523 g/mol. The third kappa shape index (κ3) is 4.92. The summed E-state index contributed by atoms with van der Waals surface area (Å²) < 4.78 is 5.87. The van der Waals surface area contributed by atoms with Gasteiger partial charge in [0.1, 0.15) is 5.78 Å². The third-order valence-corrected chi connectivity index (χ3v) is 11.8. The molecule has 0 amide bonds. The molecule has 0 spiro atoms. The molecule has 0 bridgehead atoms. The zero-order valence-corrected chi connectivity index (χ0v) is 23.6. The predicted molar refractivity (Wildman–Crippen MR) is 139 cm³/mol. The van der Waals surface area contributed by atoms with Crippen LogP contribution in [-0.4, -0.2) is 63.2 Å². The van der Waals surface area contributed by atoms with Gasteiger partial charge in [0.15, 0.2) is 0 Å². The van der Waals surface area contributed by atoms with Gasteiger partial charge in [-0.05, 0) is 97.7 Å². The lowest BCUT2D eigenvalue weighted by Crippen LogP contribution is -2.55. The zero-order valence-electron chi connectivity index (χ0n) is 23.6. The van der Waals surface area contributed by atoms with Crippen molar-refractivity contribution in [3.05, 3.63) is 0 Å². The molecule has 0 aromatic heterocycles. The topological polar surface area (TPSA) is 124 Å². The third-order valence-electron chi connectivity index (χ3n) is 11.8. The van der Waals surface area contributed by atoms with E-state index >= 15 is 0 Å². The molecule has 13 atom stereocenters. The van der Waals surface area contributed by atoms with Crippen LogP contribution >= 0.6 is 0 Å². The van der Waals surface area contributed by atoms with Crippen LogP contribution in [0.2, 0.25) is 0 Å². The lowest BCUT2D eigenvalue weighted by Gasteiger charge is -2.56. The van der Waals surface area contributed by atoms with Crippen LogP contribution in [0.15, 0.2) is 0 Å². The van der Waals surface area contributed by atoms with Crippen molar-refractivity contribution in [3.63, 3.8) is 0 Å². The summed E-state index contributed by atoms with van der Waals surface area (Å²) in [6, 6.07) is 0. The molecule has 1 heterocycles. The molecule has 37 heavy (non-hydrogen) atoms. The lowest BCUT2D eigenvalue weighted by molar-refractivity contribution is -0.162. The first-order valence-corrected chi connectivity index (χ1v) is 14.6. The van der Waals surface area contributed by atoms with Crippen molar-refractivity contribution in [2.75, 3.05) is 6.61 Å². The summed E-state index contributed by atoms with van der Waals surface area (Å²) in [6.45, 7) is 12.3. The molecule has 0 radical (unpaired) electrons. The molecule has 3 saturated carbocycles. The summed E-state index contributed by atoms with van der Waals surface area (Å²) in [7, 11) is 0. The van der Waals surface area contributed by atoms with E-state index < -0.39 is 35.7 Å². The van der Waals surface area contributed by atoms with Crippen LogP contribution in [0.3, 0.4) is 0 Å². The lowest BCUT2D eigenvalue weighted by atomic mass is 9.48. The Morgan fingerprint density at radius 3 is 2.27 bits per heavy atom.